The number of ether oxygens (including phenoxy) is 1. The fourth-order valence-electron chi connectivity index (χ4n) is 3.11. The Labute approximate surface area is 146 Å². The second-order valence-corrected chi connectivity index (χ2v) is 6.39. The second-order valence-electron chi connectivity index (χ2n) is 5.95. The molecule has 1 aliphatic rings. The van der Waals surface area contributed by atoms with Crippen molar-refractivity contribution in [2.75, 3.05) is 17.7 Å². The number of aromatic nitrogens is 2. The fraction of sp³-hybridized carbons (Fsp3) is 0.412. The number of nitrogens with two attached hydrogens (primary N) is 1. The van der Waals surface area contributed by atoms with Gasteiger partial charge in [-0.1, -0.05) is 18.0 Å². The van der Waals surface area contributed by atoms with Crippen molar-refractivity contribution in [2.24, 2.45) is 5.92 Å². The number of aliphatic hydroxyl groups is 1. The lowest BCUT2D eigenvalue weighted by atomic mass is 10.00. The summed E-state index contributed by atoms with van der Waals surface area (Å²) >= 11 is 5.90. The first kappa shape index (κ1) is 16.8. The molecule has 2 atom stereocenters. The number of nitrogens with one attached hydrogen (secondary N) is 1. The summed E-state index contributed by atoms with van der Waals surface area (Å²) in [6.07, 6.45) is 5.62. The highest BCUT2D eigenvalue weighted by Crippen LogP contribution is 2.34. The van der Waals surface area contributed by atoms with Crippen LogP contribution in [0, 0.1) is 5.92 Å². The van der Waals surface area contributed by atoms with Gasteiger partial charge >= 0.3 is 0 Å². The van der Waals surface area contributed by atoms with E-state index >= 15 is 0 Å². The molecule has 6 nitrogen and oxygen atoms in total. The van der Waals surface area contributed by atoms with E-state index in [1.165, 1.54) is 0 Å². The highest BCUT2D eigenvalue weighted by Gasteiger charge is 2.28. The van der Waals surface area contributed by atoms with Crippen LogP contribution >= 0.6 is 11.6 Å². The molecule has 4 N–H and O–H groups in total. The number of hydrogen-bond acceptors (Lipinski definition) is 6. The molecule has 1 heterocycles. The molecule has 0 spiro atoms. The number of hydrogen-bond donors (Lipinski definition) is 3. The van der Waals surface area contributed by atoms with Gasteiger partial charge in [0.2, 0.25) is 5.95 Å². The summed E-state index contributed by atoms with van der Waals surface area (Å²) in [6, 6.07) is 7.34. The normalized spacial score (nSPS) is 20.1. The van der Waals surface area contributed by atoms with Gasteiger partial charge in [0.1, 0.15) is 5.75 Å². The van der Waals surface area contributed by atoms with Crippen molar-refractivity contribution in [3.8, 4) is 11.5 Å². The van der Waals surface area contributed by atoms with Crippen LogP contribution in [0.3, 0.4) is 0 Å². The van der Waals surface area contributed by atoms with Crippen molar-refractivity contribution in [1.82, 2.24) is 9.97 Å². The Balaban J connectivity index is 1.79. The van der Waals surface area contributed by atoms with Gasteiger partial charge in [0.05, 0.1) is 6.20 Å². The Morgan fingerprint density at radius 2 is 2.08 bits per heavy atom. The number of nitrogen functional groups attached to an aromatic ring is 1. The highest BCUT2D eigenvalue weighted by molar-refractivity contribution is 6.30. The first-order chi connectivity index (χ1) is 11.7. The van der Waals surface area contributed by atoms with Crippen LogP contribution in [0.1, 0.15) is 25.7 Å². The summed E-state index contributed by atoms with van der Waals surface area (Å²) in [7, 11) is 0. The number of aliphatic hydroxyl groups excluding tert-OH is 1. The van der Waals surface area contributed by atoms with Crippen molar-refractivity contribution in [3.63, 3.8) is 0 Å². The minimum Gasteiger partial charge on any atom is -0.452 e. The number of rotatable bonds is 6. The van der Waals surface area contributed by atoms with Crippen LogP contribution in [0.15, 0.2) is 30.5 Å². The van der Waals surface area contributed by atoms with Crippen molar-refractivity contribution < 1.29 is 9.84 Å². The van der Waals surface area contributed by atoms with E-state index in [9.17, 15) is 5.11 Å². The van der Waals surface area contributed by atoms with Crippen LogP contribution in [0.2, 0.25) is 5.02 Å². The van der Waals surface area contributed by atoms with Gasteiger partial charge in [-0.2, -0.15) is 4.98 Å². The van der Waals surface area contributed by atoms with Gasteiger partial charge in [0.25, 0.3) is 0 Å². The highest BCUT2D eigenvalue weighted by atomic mass is 35.5. The number of anilines is 2. The van der Waals surface area contributed by atoms with Gasteiger partial charge in [-0.15, -0.1) is 0 Å². The van der Waals surface area contributed by atoms with Crippen molar-refractivity contribution in [1.29, 1.82) is 0 Å². The van der Waals surface area contributed by atoms with Crippen LogP contribution in [-0.2, 0) is 0 Å². The van der Waals surface area contributed by atoms with Gasteiger partial charge in [0.15, 0.2) is 11.6 Å². The summed E-state index contributed by atoms with van der Waals surface area (Å²) in [6.45, 7) is 0.197. The molecule has 3 rings (SSSR count). The maximum atomic E-state index is 9.22. The summed E-state index contributed by atoms with van der Waals surface area (Å²) in [4.78, 5) is 8.31. The van der Waals surface area contributed by atoms with Gasteiger partial charge in [0, 0.05) is 17.7 Å². The van der Waals surface area contributed by atoms with E-state index in [-0.39, 0.29) is 18.6 Å². The van der Waals surface area contributed by atoms with Crippen LogP contribution in [-0.4, -0.2) is 27.7 Å². The third-order valence-electron chi connectivity index (χ3n) is 4.30. The van der Waals surface area contributed by atoms with Crippen LogP contribution < -0.4 is 15.8 Å². The molecule has 0 bridgehead atoms. The SMILES string of the molecule is Nc1ncc(Oc2ccc(Cl)cc2)c(NC2CCCC2CCO)n1. The van der Waals surface area contributed by atoms with E-state index in [1.54, 1.807) is 30.5 Å². The zero-order valence-electron chi connectivity index (χ0n) is 13.3. The predicted molar refractivity (Wildman–Crippen MR) is 94.4 cm³/mol. The summed E-state index contributed by atoms with van der Waals surface area (Å²) < 4.78 is 5.87. The molecule has 2 aromatic rings. The maximum Gasteiger partial charge on any atom is 0.222 e. The van der Waals surface area contributed by atoms with Crippen molar-refractivity contribution >= 4 is 23.4 Å². The zero-order chi connectivity index (χ0) is 16.9. The molecule has 1 saturated carbocycles. The molecule has 128 valence electrons. The molecule has 0 saturated heterocycles. The Bertz CT molecular complexity index is 681. The van der Waals surface area contributed by atoms with E-state index in [1.807, 2.05) is 0 Å². The van der Waals surface area contributed by atoms with E-state index in [2.05, 4.69) is 15.3 Å². The molecule has 0 aliphatic heterocycles. The monoisotopic (exact) mass is 348 g/mol. The van der Waals surface area contributed by atoms with Crippen LogP contribution in [0.25, 0.3) is 0 Å². The molecule has 0 amide bonds. The van der Waals surface area contributed by atoms with Crippen LogP contribution in [0.5, 0.6) is 11.5 Å². The minimum absolute atomic E-state index is 0.192. The van der Waals surface area contributed by atoms with Gasteiger partial charge in [-0.05, 0) is 49.4 Å². The molecular weight excluding hydrogens is 328 g/mol. The lowest BCUT2D eigenvalue weighted by Crippen LogP contribution is -2.25. The molecule has 24 heavy (non-hydrogen) atoms. The molecule has 1 aromatic heterocycles. The lowest BCUT2D eigenvalue weighted by molar-refractivity contribution is 0.254. The van der Waals surface area contributed by atoms with Gasteiger partial charge < -0.3 is 20.9 Å². The first-order valence-corrected chi connectivity index (χ1v) is 8.47. The molecule has 0 radical (unpaired) electrons. The minimum atomic E-state index is 0.192. The molecule has 2 unspecified atom stereocenters. The predicted octanol–water partition coefficient (Wildman–Crippen LogP) is 3.47. The van der Waals surface area contributed by atoms with Gasteiger partial charge in [-0.25, -0.2) is 4.98 Å². The quantitative estimate of drug-likeness (QED) is 0.740. The lowest BCUT2D eigenvalue weighted by Gasteiger charge is -2.22. The number of halogens is 1. The third kappa shape index (κ3) is 4.07. The Hall–Kier alpha value is -2.05. The molecule has 1 fully saturated rings. The average Bonchev–Trinajstić information content (AvgIpc) is 2.99. The smallest absolute Gasteiger partial charge is 0.222 e. The van der Waals surface area contributed by atoms with E-state index in [4.69, 9.17) is 22.1 Å². The summed E-state index contributed by atoms with van der Waals surface area (Å²) in [5, 5.41) is 13.3. The second kappa shape index (κ2) is 7.68. The molecular formula is C17H21ClN4O2. The summed E-state index contributed by atoms with van der Waals surface area (Å²) in [5.74, 6) is 2.36. The zero-order valence-corrected chi connectivity index (χ0v) is 14.0. The fourth-order valence-corrected chi connectivity index (χ4v) is 3.23. The van der Waals surface area contributed by atoms with Crippen LogP contribution in [0.4, 0.5) is 11.8 Å². The summed E-state index contributed by atoms with van der Waals surface area (Å²) in [5.41, 5.74) is 5.73. The topological polar surface area (TPSA) is 93.3 Å². The van der Waals surface area contributed by atoms with Crippen molar-refractivity contribution in [2.45, 2.75) is 31.7 Å². The maximum absolute atomic E-state index is 9.22. The Kier molecular flexibility index (Phi) is 5.37. The Morgan fingerprint density at radius 1 is 1.29 bits per heavy atom. The third-order valence-corrected chi connectivity index (χ3v) is 4.55. The number of benzene rings is 1. The van der Waals surface area contributed by atoms with E-state index in [0.29, 0.717) is 28.3 Å². The largest absolute Gasteiger partial charge is 0.452 e. The van der Waals surface area contributed by atoms with E-state index in [0.717, 1.165) is 25.7 Å². The molecule has 1 aromatic carbocycles. The number of nitrogens with zero attached hydrogens (tertiary/aromatic N) is 2. The standard InChI is InChI=1S/C17H21ClN4O2/c18-12-4-6-13(7-5-12)24-15-10-20-17(19)22-16(15)21-14-3-1-2-11(14)8-9-23/h4-7,10-11,14,23H,1-3,8-9H2,(H3,19,20,21,22). The van der Waals surface area contributed by atoms with E-state index < -0.39 is 0 Å². The molecule has 1 aliphatic carbocycles. The Morgan fingerprint density at radius 3 is 2.83 bits per heavy atom. The van der Waals surface area contributed by atoms with Crippen molar-refractivity contribution in [3.05, 3.63) is 35.5 Å². The van der Waals surface area contributed by atoms with Gasteiger partial charge in [-0.3, -0.25) is 0 Å². The average molecular weight is 349 g/mol. The first-order valence-electron chi connectivity index (χ1n) is 8.09. The molecule has 7 heteroatoms.